The first-order valence-corrected chi connectivity index (χ1v) is 11.4. The highest BCUT2D eigenvalue weighted by Gasteiger charge is 2.19. The van der Waals surface area contributed by atoms with Crippen molar-refractivity contribution in [1.82, 2.24) is 19.9 Å². The van der Waals surface area contributed by atoms with Gasteiger partial charge in [0.1, 0.15) is 11.0 Å². The van der Waals surface area contributed by atoms with Crippen LogP contribution in [0.25, 0.3) is 44.0 Å². The molecule has 0 amide bonds. The van der Waals surface area contributed by atoms with Crippen LogP contribution in [0.15, 0.2) is 110 Å². The number of fused-ring (bicyclic) bond motifs is 6. The highest BCUT2D eigenvalue weighted by atomic mass is 16.4. The van der Waals surface area contributed by atoms with Gasteiger partial charge in [0.05, 0.1) is 23.8 Å². The van der Waals surface area contributed by atoms with Gasteiger partial charge in [-0.05, 0) is 48.5 Å². The van der Waals surface area contributed by atoms with E-state index in [-0.39, 0.29) is 11.0 Å². The highest BCUT2D eigenvalue weighted by Crippen LogP contribution is 2.37. The van der Waals surface area contributed by atoms with Crippen molar-refractivity contribution in [3.05, 3.63) is 112 Å². The number of para-hydroxylation sites is 1. The van der Waals surface area contributed by atoms with Crippen LogP contribution >= 0.6 is 0 Å². The molecule has 7 aromatic rings. The van der Waals surface area contributed by atoms with Crippen molar-refractivity contribution in [1.29, 1.82) is 0 Å². The Hall–Kier alpha value is -5.44. The molecule has 0 atom stereocenters. The first-order chi connectivity index (χ1) is 18.2. The Bertz CT molecular complexity index is 1970. The molecule has 176 valence electrons. The zero-order valence-corrected chi connectivity index (χ0v) is 19.0. The van der Waals surface area contributed by atoms with Crippen LogP contribution in [0.2, 0.25) is 0 Å². The van der Waals surface area contributed by atoms with Gasteiger partial charge in [-0.3, -0.25) is 9.97 Å². The third-order valence-electron chi connectivity index (χ3n) is 6.12. The van der Waals surface area contributed by atoms with Gasteiger partial charge in [0.2, 0.25) is 0 Å². The van der Waals surface area contributed by atoms with E-state index in [0.29, 0.717) is 44.3 Å². The lowest BCUT2D eigenvalue weighted by Gasteiger charge is -2.25. The molecule has 0 N–H and O–H groups in total. The third kappa shape index (κ3) is 3.33. The lowest BCUT2D eigenvalue weighted by molar-refractivity contribution is 0.566. The average Bonchev–Trinajstić information content (AvgIpc) is 2.94. The second-order valence-corrected chi connectivity index (χ2v) is 8.33. The molecule has 0 spiro atoms. The van der Waals surface area contributed by atoms with Crippen molar-refractivity contribution >= 4 is 61.1 Å². The van der Waals surface area contributed by atoms with Crippen molar-refractivity contribution < 1.29 is 8.83 Å². The van der Waals surface area contributed by atoms with Crippen LogP contribution in [0.4, 0.5) is 17.1 Å². The first-order valence-electron chi connectivity index (χ1n) is 11.4. The minimum atomic E-state index is -0.537. The zero-order valence-electron chi connectivity index (χ0n) is 19.0. The molecule has 6 heterocycles. The van der Waals surface area contributed by atoms with Crippen LogP contribution in [-0.4, -0.2) is 19.9 Å². The van der Waals surface area contributed by atoms with Crippen LogP contribution in [0.1, 0.15) is 0 Å². The number of anilines is 3. The van der Waals surface area contributed by atoms with Crippen LogP contribution < -0.4 is 16.2 Å². The zero-order chi connectivity index (χ0) is 24.9. The Morgan fingerprint density at radius 2 is 1.05 bits per heavy atom. The predicted molar refractivity (Wildman–Crippen MR) is 139 cm³/mol. The SMILES string of the molecule is O=c1oc2cccnc2c2cc(N(c3ccccc3)c3cnc4c(=O)oc5cccnc5c4c3)cnc12. The second kappa shape index (κ2) is 8.06. The van der Waals surface area contributed by atoms with E-state index in [2.05, 4.69) is 19.9 Å². The molecule has 0 saturated heterocycles. The molecule has 7 rings (SSSR count). The van der Waals surface area contributed by atoms with Crippen LogP contribution in [0.3, 0.4) is 0 Å². The molecule has 0 unspecified atom stereocenters. The predicted octanol–water partition coefficient (Wildman–Crippen LogP) is 5.26. The summed E-state index contributed by atoms with van der Waals surface area (Å²) in [5, 5.41) is 1.12. The fraction of sp³-hybridized carbons (Fsp3) is 0. The van der Waals surface area contributed by atoms with E-state index in [4.69, 9.17) is 8.83 Å². The summed E-state index contributed by atoms with van der Waals surface area (Å²) in [7, 11) is 0. The van der Waals surface area contributed by atoms with Crippen molar-refractivity contribution in [2.75, 3.05) is 4.90 Å². The topological polar surface area (TPSA) is 115 Å². The molecular formula is C28H15N5O4. The number of rotatable bonds is 3. The van der Waals surface area contributed by atoms with Crippen LogP contribution in [0.5, 0.6) is 0 Å². The molecule has 37 heavy (non-hydrogen) atoms. The van der Waals surface area contributed by atoms with Crippen LogP contribution in [-0.2, 0) is 0 Å². The van der Waals surface area contributed by atoms with E-state index in [1.807, 2.05) is 47.4 Å². The van der Waals surface area contributed by atoms with Crippen molar-refractivity contribution in [3.8, 4) is 0 Å². The van der Waals surface area contributed by atoms with E-state index in [1.54, 1.807) is 49.1 Å². The fourth-order valence-electron chi connectivity index (χ4n) is 4.51. The quantitative estimate of drug-likeness (QED) is 0.309. The van der Waals surface area contributed by atoms with Gasteiger partial charge in [0.25, 0.3) is 0 Å². The average molecular weight is 485 g/mol. The number of hydrogen-bond donors (Lipinski definition) is 0. The summed E-state index contributed by atoms with van der Waals surface area (Å²) in [6.07, 6.45) is 6.47. The van der Waals surface area contributed by atoms with Gasteiger partial charge >= 0.3 is 11.3 Å². The number of hydrogen-bond acceptors (Lipinski definition) is 9. The van der Waals surface area contributed by atoms with Crippen molar-refractivity contribution in [3.63, 3.8) is 0 Å². The van der Waals surface area contributed by atoms with E-state index >= 15 is 0 Å². The van der Waals surface area contributed by atoms with Crippen molar-refractivity contribution in [2.24, 2.45) is 0 Å². The Kier molecular flexibility index (Phi) is 4.55. The number of aromatic nitrogens is 4. The molecule has 0 bridgehead atoms. The van der Waals surface area contributed by atoms with E-state index < -0.39 is 11.3 Å². The van der Waals surface area contributed by atoms with Gasteiger partial charge in [0.15, 0.2) is 22.2 Å². The Balaban J connectivity index is 1.53. The number of pyridine rings is 4. The summed E-state index contributed by atoms with van der Waals surface area (Å²) >= 11 is 0. The van der Waals surface area contributed by atoms with Gasteiger partial charge in [-0.15, -0.1) is 0 Å². The maximum Gasteiger partial charge on any atom is 0.363 e. The van der Waals surface area contributed by atoms with Gasteiger partial charge < -0.3 is 13.7 Å². The molecule has 0 aliphatic rings. The smallest absolute Gasteiger partial charge is 0.363 e. The lowest BCUT2D eigenvalue weighted by Crippen LogP contribution is -2.13. The molecule has 6 aromatic heterocycles. The Labute approximate surface area is 207 Å². The molecule has 9 heteroatoms. The molecule has 0 saturated carbocycles. The monoisotopic (exact) mass is 485 g/mol. The largest absolute Gasteiger partial charge is 0.419 e. The van der Waals surface area contributed by atoms with Gasteiger partial charge in [-0.2, -0.15) is 0 Å². The Morgan fingerprint density at radius 1 is 0.541 bits per heavy atom. The maximum absolute atomic E-state index is 12.6. The van der Waals surface area contributed by atoms with Crippen molar-refractivity contribution in [2.45, 2.75) is 0 Å². The summed E-state index contributed by atoms with van der Waals surface area (Å²) in [4.78, 5) is 44.9. The summed E-state index contributed by atoms with van der Waals surface area (Å²) in [6.45, 7) is 0. The van der Waals surface area contributed by atoms with Gasteiger partial charge in [-0.25, -0.2) is 19.6 Å². The molecule has 0 aliphatic heterocycles. The van der Waals surface area contributed by atoms with Crippen LogP contribution in [0, 0.1) is 0 Å². The molecule has 0 aliphatic carbocycles. The highest BCUT2D eigenvalue weighted by molar-refractivity contribution is 6.04. The summed E-state index contributed by atoms with van der Waals surface area (Å²) in [5.41, 5.74) is 3.27. The molecule has 0 fully saturated rings. The first kappa shape index (κ1) is 20.9. The summed E-state index contributed by atoms with van der Waals surface area (Å²) < 4.78 is 10.8. The van der Waals surface area contributed by atoms with E-state index in [1.165, 1.54) is 0 Å². The normalized spacial score (nSPS) is 11.5. The maximum atomic E-state index is 12.6. The molecular weight excluding hydrogens is 470 g/mol. The fourth-order valence-corrected chi connectivity index (χ4v) is 4.51. The van der Waals surface area contributed by atoms with Gasteiger partial charge in [0, 0.05) is 28.9 Å². The van der Waals surface area contributed by atoms with Gasteiger partial charge in [-0.1, -0.05) is 18.2 Å². The van der Waals surface area contributed by atoms with E-state index in [9.17, 15) is 9.59 Å². The Morgan fingerprint density at radius 3 is 1.57 bits per heavy atom. The third-order valence-corrected chi connectivity index (χ3v) is 6.12. The molecule has 1 aromatic carbocycles. The minimum absolute atomic E-state index is 0.187. The second-order valence-electron chi connectivity index (χ2n) is 8.33. The summed E-state index contributed by atoms with van der Waals surface area (Å²) in [5.74, 6) is 0. The standard InChI is InChI=1S/C28H15N5O4/c34-27-25-19(23-21(36-27)8-4-10-29-23)12-17(14-31-25)33(16-6-2-1-3-7-16)18-13-20-24-22(9-5-11-30-24)37-28(35)26(20)32-15-18/h1-15H. The molecule has 9 nitrogen and oxygen atoms in total. The lowest BCUT2D eigenvalue weighted by atomic mass is 10.1. The molecule has 0 radical (unpaired) electrons. The minimum Gasteiger partial charge on any atom is -0.419 e. The summed E-state index contributed by atoms with van der Waals surface area (Å²) in [6, 6.07) is 20.2. The number of nitrogens with zero attached hydrogens (tertiary/aromatic N) is 5. The van der Waals surface area contributed by atoms with E-state index in [0.717, 1.165) is 5.69 Å². The number of benzene rings is 1.